The second kappa shape index (κ2) is 8.51. The molecule has 3 aromatic rings. The Morgan fingerprint density at radius 1 is 0.967 bits per heavy atom. The Bertz CT molecular complexity index is 1070. The Hall–Kier alpha value is -3.45. The van der Waals surface area contributed by atoms with Crippen molar-refractivity contribution in [3.8, 4) is 0 Å². The van der Waals surface area contributed by atoms with E-state index >= 15 is 0 Å². The molecular weight excluding hydrogens is 398 g/mol. The van der Waals surface area contributed by atoms with Gasteiger partial charge in [-0.15, -0.1) is 11.8 Å². The summed E-state index contributed by atoms with van der Waals surface area (Å²) in [7, 11) is 0. The lowest BCUT2D eigenvalue weighted by Gasteiger charge is -2.25. The molecule has 0 fully saturated rings. The monoisotopic (exact) mass is 417 g/mol. The molecule has 2 aromatic carbocycles. The summed E-state index contributed by atoms with van der Waals surface area (Å²) < 4.78 is 0. The molecule has 0 radical (unpaired) electrons. The third-order valence-electron chi connectivity index (χ3n) is 4.92. The van der Waals surface area contributed by atoms with Crippen molar-refractivity contribution in [3.05, 3.63) is 89.6 Å². The molecule has 0 aliphatic carbocycles. The van der Waals surface area contributed by atoms with Gasteiger partial charge in [0.25, 0.3) is 11.8 Å². The first-order valence-electron chi connectivity index (χ1n) is 9.40. The van der Waals surface area contributed by atoms with Gasteiger partial charge in [-0.3, -0.25) is 19.3 Å². The average molecular weight is 417 g/mol. The minimum Gasteiger partial charge on any atom is -0.323 e. The van der Waals surface area contributed by atoms with E-state index in [1.54, 1.807) is 42.6 Å². The zero-order valence-corrected chi connectivity index (χ0v) is 17.1. The number of carbonyl (C=O) groups excluding carboxylic acids is 3. The van der Waals surface area contributed by atoms with Crippen molar-refractivity contribution in [1.82, 2.24) is 9.88 Å². The van der Waals surface area contributed by atoms with Gasteiger partial charge in [-0.2, -0.15) is 0 Å². The van der Waals surface area contributed by atoms with E-state index in [9.17, 15) is 14.4 Å². The summed E-state index contributed by atoms with van der Waals surface area (Å²) >= 11 is 1.50. The van der Waals surface area contributed by atoms with Crippen LogP contribution in [-0.4, -0.2) is 39.9 Å². The quantitative estimate of drug-likeness (QED) is 0.489. The van der Waals surface area contributed by atoms with Crippen LogP contribution in [0.1, 0.15) is 26.3 Å². The highest BCUT2D eigenvalue weighted by Crippen LogP contribution is 2.26. The summed E-state index contributed by atoms with van der Waals surface area (Å²) in [6, 6.07) is 18.5. The van der Waals surface area contributed by atoms with E-state index in [0.717, 1.165) is 15.5 Å². The number of carbonyl (C=O) groups is 3. The van der Waals surface area contributed by atoms with Crippen LogP contribution >= 0.6 is 11.8 Å². The molecular formula is C23H19N3O3S. The lowest BCUT2D eigenvalue weighted by atomic mass is 10.0. The molecule has 0 saturated carbocycles. The van der Waals surface area contributed by atoms with Gasteiger partial charge >= 0.3 is 0 Å². The third-order valence-corrected chi connectivity index (χ3v) is 5.58. The fourth-order valence-corrected chi connectivity index (χ4v) is 3.79. The number of nitrogens with one attached hydrogen (secondary N) is 1. The van der Waals surface area contributed by atoms with Gasteiger partial charge in [0.15, 0.2) is 0 Å². The summed E-state index contributed by atoms with van der Waals surface area (Å²) in [6.07, 6.45) is 3.69. The molecule has 1 N–H and O–H groups in total. The predicted molar refractivity (Wildman–Crippen MR) is 116 cm³/mol. The zero-order valence-electron chi connectivity index (χ0n) is 16.2. The lowest BCUT2D eigenvalue weighted by Crippen LogP contribution is -2.48. The fourth-order valence-electron chi connectivity index (χ4n) is 3.43. The van der Waals surface area contributed by atoms with Gasteiger partial charge in [-0.1, -0.05) is 42.5 Å². The Balaban J connectivity index is 1.65. The number of rotatable bonds is 6. The van der Waals surface area contributed by atoms with E-state index in [2.05, 4.69) is 10.3 Å². The number of aromatic nitrogens is 1. The van der Waals surface area contributed by atoms with Crippen LogP contribution in [0, 0.1) is 0 Å². The number of hydrogen-bond acceptors (Lipinski definition) is 5. The first-order chi connectivity index (χ1) is 14.6. The number of imide groups is 1. The highest BCUT2D eigenvalue weighted by atomic mass is 32.2. The van der Waals surface area contributed by atoms with Crippen molar-refractivity contribution in [2.75, 3.05) is 11.6 Å². The van der Waals surface area contributed by atoms with Crippen LogP contribution in [0.5, 0.6) is 0 Å². The molecule has 0 saturated heterocycles. The molecule has 7 heteroatoms. The lowest BCUT2D eigenvalue weighted by molar-refractivity contribution is -0.119. The number of anilines is 1. The summed E-state index contributed by atoms with van der Waals surface area (Å²) in [5.41, 5.74) is 2.00. The SMILES string of the molecule is CSc1ccc(NC(=O)C(Cc2ccccc2)N2C(=O)c3ccccc3C2=O)cn1. The topological polar surface area (TPSA) is 79.4 Å². The summed E-state index contributed by atoms with van der Waals surface area (Å²) in [6.45, 7) is 0. The van der Waals surface area contributed by atoms with Crippen LogP contribution in [-0.2, 0) is 11.2 Å². The molecule has 1 atom stereocenters. The molecule has 0 spiro atoms. The number of hydrogen-bond donors (Lipinski definition) is 1. The van der Waals surface area contributed by atoms with Gasteiger partial charge in [0.05, 0.1) is 28.0 Å². The first-order valence-corrected chi connectivity index (χ1v) is 10.6. The van der Waals surface area contributed by atoms with Gasteiger partial charge in [0.1, 0.15) is 6.04 Å². The zero-order chi connectivity index (χ0) is 21.1. The van der Waals surface area contributed by atoms with Crippen LogP contribution in [0.15, 0.2) is 78.0 Å². The van der Waals surface area contributed by atoms with Gasteiger partial charge in [0, 0.05) is 6.42 Å². The van der Waals surface area contributed by atoms with Crippen LogP contribution < -0.4 is 5.32 Å². The molecule has 1 aliphatic rings. The van der Waals surface area contributed by atoms with Crippen molar-refractivity contribution >= 4 is 35.2 Å². The Morgan fingerprint density at radius 2 is 1.60 bits per heavy atom. The van der Waals surface area contributed by atoms with Crippen molar-refractivity contribution in [1.29, 1.82) is 0 Å². The molecule has 1 unspecified atom stereocenters. The Morgan fingerprint density at radius 3 is 2.17 bits per heavy atom. The number of nitrogens with zero attached hydrogens (tertiary/aromatic N) is 2. The third kappa shape index (κ3) is 3.84. The van der Waals surface area contributed by atoms with E-state index in [4.69, 9.17) is 0 Å². The minimum absolute atomic E-state index is 0.217. The molecule has 4 rings (SSSR count). The van der Waals surface area contributed by atoms with Gasteiger partial charge in [-0.05, 0) is 36.1 Å². The maximum atomic E-state index is 13.2. The largest absolute Gasteiger partial charge is 0.323 e. The molecule has 30 heavy (non-hydrogen) atoms. The van der Waals surface area contributed by atoms with Crippen LogP contribution in [0.2, 0.25) is 0 Å². The van der Waals surface area contributed by atoms with Gasteiger partial charge in [-0.25, -0.2) is 4.98 Å². The molecule has 2 heterocycles. The van der Waals surface area contributed by atoms with E-state index in [-0.39, 0.29) is 6.42 Å². The highest BCUT2D eigenvalue weighted by Gasteiger charge is 2.42. The first kappa shape index (κ1) is 19.8. The summed E-state index contributed by atoms with van der Waals surface area (Å²) in [4.78, 5) is 44.5. The Labute approximate surface area is 178 Å². The van der Waals surface area contributed by atoms with E-state index in [1.807, 2.05) is 36.6 Å². The number of pyridine rings is 1. The molecule has 1 aromatic heterocycles. The van der Waals surface area contributed by atoms with E-state index < -0.39 is 23.8 Å². The summed E-state index contributed by atoms with van der Waals surface area (Å²) in [5.74, 6) is -1.35. The molecule has 150 valence electrons. The molecule has 0 bridgehead atoms. The normalized spacial score (nSPS) is 13.8. The molecule has 6 nitrogen and oxygen atoms in total. The van der Waals surface area contributed by atoms with E-state index in [0.29, 0.717) is 16.8 Å². The molecule has 1 aliphatic heterocycles. The molecule has 3 amide bonds. The second-order valence-corrected chi connectivity index (χ2v) is 7.64. The van der Waals surface area contributed by atoms with Crippen molar-refractivity contribution in [2.24, 2.45) is 0 Å². The smallest absolute Gasteiger partial charge is 0.262 e. The predicted octanol–water partition coefficient (Wildman–Crippen LogP) is 3.65. The Kier molecular flexibility index (Phi) is 5.63. The number of fused-ring (bicyclic) bond motifs is 1. The maximum absolute atomic E-state index is 13.2. The number of amides is 3. The van der Waals surface area contributed by atoms with Crippen LogP contribution in [0.3, 0.4) is 0 Å². The summed E-state index contributed by atoms with van der Waals surface area (Å²) in [5, 5.41) is 3.63. The van der Waals surface area contributed by atoms with Crippen LogP contribution in [0.4, 0.5) is 5.69 Å². The second-order valence-electron chi connectivity index (χ2n) is 6.81. The van der Waals surface area contributed by atoms with Crippen molar-refractivity contribution in [3.63, 3.8) is 0 Å². The van der Waals surface area contributed by atoms with Gasteiger partial charge < -0.3 is 5.32 Å². The maximum Gasteiger partial charge on any atom is 0.262 e. The van der Waals surface area contributed by atoms with Crippen molar-refractivity contribution in [2.45, 2.75) is 17.5 Å². The average Bonchev–Trinajstić information content (AvgIpc) is 3.03. The highest BCUT2D eigenvalue weighted by molar-refractivity contribution is 7.98. The van der Waals surface area contributed by atoms with E-state index in [1.165, 1.54) is 11.8 Å². The fraction of sp³-hybridized carbons (Fsp3) is 0.130. The minimum atomic E-state index is -0.986. The van der Waals surface area contributed by atoms with Gasteiger partial charge in [0.2, 0.25) is 5.91 Å². The number of thioether (sulfide) groups is 1. The number of benzene rings is 2. The van der Waals surface area contributed by atoms with Crippen LogP contribution in [0.25, 0.3) is 0 Å². The standard InChI is InChI=1S/C23H19N3O3S/c1-30-20-12-11-16(14-24-20)25-21(27)19(13-15-7-3-2-4-8-15)26-22(28)17-9-5-6-10-18(17)23(26)29/h2-12,14,19H,13H2,1H3,(H,25,27). The van der Waals surface area contributed by atoms with Crippen molar-refractivity contribution < 1.29 is 14.4 Å².